The van der Waals surface area contributed by atoms with E-state index in [4.69, 9.17) is 5.73 Å². The first kappa shape index (κ1) is 19.7. The van der Waals surface area contributed by atoms with Gasteiger partial charge in [0, 0.05) is 18.8 Å². The highest BCUT2D eigenvalue weighted by Crippen LogP contribution is 2.25. The first-order valence-electron chi connectivity index (χ1n) is 9.78. The molecule has 0 aliphatic carbocycles. The number of hydrogen-bond donors (Lipinski definition) is 1. The molecule has 2 aliphatic rings. The number of carbonyl (C=O) groups is 1. The lowest BCUT2D eigenvalue weighted by molar-refractivity contribution is -0.132. The summed E-state index contributed by atoms with van der Waals surface area (Å²) < 4.78 is 0. The highest BCUT2D eigenvalue weighted by Gasteiger charge is 2.32. The Labute approximate surface area is 162 Å². The van der Waals surface area contributed by atoms with Crippen LogP contribution in [0.4, 0.5) is 0 Å². The first-order valence-corrected chi connectivity index (χ1v) is 10.9. The summed E-state index contributed by atoms with van der Waals surface area (Å²) in [6, 6.07) is 8.71. The molecule has 4 nitrogen and oxygen atoms in total. The second-order valence-electron chi connectivity index (χ2n) is 8.73. The van der Waals surface area contributed by atoms with Crippen molar-refractivity contribution in [3.8, 4) is 0 Å². The van der Waals surface area contributed by atoms with Crippen LogP contribution in [0.1, 0.15) is 44.7 Å². The number of likely N-dealkylation sites (tertiary alicyclic amines) is 1. The van der Waals surface area contributed by atoms with Gasteiger partial charge in [-0.05, 0) is 48.4 Å². The molecule has 2 saturated heterocycles. The van der Waals surface area contributed by atoms with E-state index in [1.54, 1.807) is 0 Å². The van der Waals surface area contributed by atoms with Gasteiger partial charge in [-0.3, -0.25) is 9.69 Å². The molecule has 1 aromatic rings. The average Bonchev–Trinajstić information content (AvgIpc) is 3.15. The topological polar surface area (TPSA) is 49.6 Å². The molecule has 2 heterocycles. The molecule has 1 aromatic carbocycles. The van der Waals surface area contributed by atoms with Crippen LogP contribution in [0.5, 0.6) is 0 Å². The van der Waals surface area contributed by atoms with E-state index >= 15 is 0 Å². The van der Waals surface area contributed by atoms with Crippen molar-refractivity contribution in [3.05, 3.63) is 35.4 Å². The Morgan fingerprint density at radius 1 is 1.19 bits per heavy atom. The Morgan fingerprint density at radius 2 is 1.85 bits per heavy atom. The Hall–Kier alpha value is -1.04. The maximum Gasteiger partial charge on any atom is 0.240 e. The summed E-state index contributed by atoms with van der Waals surface area (Å²) in [5.74, 6) is 2.35. The fourth-order valence-electron chi connectivity index (χ4n) is 3.84. The van der Waals surface area contributed by atoms with Crippen LogP contribution in [0.25, 0.3) is 0 Å². The van der Waals surface area contributed by atoms with Gasteiger partial charge in [0.05, 0.1) is 11.9 Å². The second kappa shape index (κ2) is 8.32. The van der Waals surface area contributed by atoms with Gasteiger partial charge in [0.25, 0.3) is 0 Å². The highest BCUT2D eigenvalue weighted by molar-refractivity contribution is 7.99. The lowest BCUT2D eigenvalue weighted by Crippen LogP contribution is -2.49. The van der Waals surface area contributed by atoms with Gasteiger partial charge in [-0.1, -0.05) is 45.0 Å². The zero-order chi connectivity index (χ0) is 18.7. The summed E-state index contributed by atoms with van der Waals surface area (Å²) in [6.45, 7) is 10.7. The zero-order valence-corrected chi connectivity index (χ0v) is 17.2. The number of thioether (sulfide) groups is 1. The summed E-state index contributed by atoms with van der Waals surface area (Å²) >= 11 is 1.82. The quantitative estimate of drug-likeness (QED) is 0.879. The van der Waals surface area contributed by atoms with E-state index in [2.05, 4.69) is 49.9 Å². The highest BCUT2D eigenvalue weighted by atomic mass is 32.2. The molecule has 2 fully saturated rings. The van der Waals surface area contributed by atoms with Crippen LogP contribution in [-0.4, -0.2) is 53.0 Å². The molecule has 2 aliphatic heterocycles. The van der Waals surface area contributed by atoms with Gasteiger partial charge in [0.1, 0.15) is 0 Å². The smallest absolute Gasteiger partial charge is 0.240 e. The normalized spacial score (nSPS) is 21.2. The Balaban J connectivity index is 1.48. The zero-order valence-electron chi connectivity index (χ0n) is 16.4. The van der Waals surface area contributed by atoms with Gasteiger partial charge in [0.15, 0.2) is 0 Å². The molecular formula is C21H33N3OS. The largest absolute Gasteiger partial charge is 0.331 e. The van der Waals surface area contributed by atoms with Crippen molar-refractivity contribution in [2.75, 3.05) is 31.3 Å². The van der Waals surface area contributed by atoms with E-state index in [-0.39, 0.29) is 17.4 Å². The van der Waals surface area contributed by atoms with Crippen molar-refractivity contribution in [2.45, 2.75) is 51.6 Å². The van der Waals surface area contributed by atoms with Crippen molar-refractivity contribution >= 4 is 17.7 Å². The second-order valence-corrected chi connectivity index (χ2v) is 9.80. The third-order valence-electron chi connectivity index (χ3n) is 5.72. The molecular weight excluding hydrogens is 342 g/mol. The predicted octanol–water partition coefficient (Wildman–Crippen LogP) is 3.06. The molecule has 0 spiro atoms. The standard InChI is InChI=1S/C21H33N3OS/c1-21(2,3)18-6-4-16(5-7-18)14-23-10-8-17(9-11-23)19(22)20(25)24-12-13-26-15-24/h4-7,17,19H,8-15,22H2,1-3H3. The van der Waals surface area contributed by atoms with E-state index < -0.39 is 0 Å². The minimum atomic E-state index is -0.318. The minimum Gasteiger partial charge on any atom is -0.331 e. The lowest BCUT2D eigenvalue weighted by Gasteiger charge is -2.35. The Morgan fingerprint density at radius 3 is 2.38 bits per heavy atom. The summed E-state index contributed by atoms with van der Waals surface area (Å²) in [6.07, 6.45) is 2.04. The number of nitrogens with two attached hydrogens (primary N) is 1. The third kappa shape index (κ3) is 4.81. The van der Waals surface area contributed by atoms with Gasteiger partial charge in [0.2, 0.25) is 5.91 Å². The van der Waals surface area contributed by atoms with Gasteiger partial charge >= 0.3 is 0 Å². The molecule has 2 N–H and O–H groups in total. The van der Waals surface area contributed by atoms with E-state index in [0.717, 1.165) is 50.7 Å². The first-order chi connectivity index (χ1) is 12.3. The summed E-state index contributed by atoms with van der Waals surface area (Å²) in [7, 11) is 0. The van der Waals surface area contributed by atoms with Crippen molar-refractivity contribution in [1.82, 2.24) is 9.80 Å². The fourth-order valence-corrected chi connectivity index (χ4v) is 4.79. The lowest BCUT2D eigenvalue weighted by atomic mass is 9.86. The Kier molecular flexibility index (Phi) is 6.31. The van der Waals surface area contributed by atoms with E-state index in [0.29, 0.717) is 5.92 Å². The van der Waals surface area contributed by atoms with Gasteiger partial charge in [-0.15, -0.1) is 11.8 Å². The summed E-state index contributed by atoms with van der Waals surface area (Å²) in [5.41, 5.74) is 9.26. The van der Waals surface area contributed by atoms with Crippen molar-refractivity contribution in [1.29, 1.82) is 0 Å². The number of rotatable bonds is 4. The number of benzene rings is 1. The average molecular weight is 376 g/mol. The SMILES string of the molecule is CC(C)(C)c1ccc(CN2CCC(C(N)C(=O)N3CCSC3)CC2)cc1. The van der Waals surface area contributed by atoms with Gasteiger partial charge in [-0.2, -0.15) is 0 Å². The van der Waals surface area contributed by atoms with Crippen LogP contribution >= 0.6 is 11.8 Å². The van der Waals surface area contributed by atoms with E-state index in [9.17, 15) is 4.79 Å². The van der Waals surface area contributed by atoms with Crippen molar-refractivity contribution < 1.29 is 4.79 Å². The molecule has 1 unspecified atom stereocenters. The van der Waals surface area contributed by atoms with Crippen LogP contribution < -0.4 is 5.73 Å². The van der Waals surface area contributed by atoms with Crippen LogP contribution in [-0.2, 0) is 16.8 Å². The molecule has 0 radical (unpaired) electrons. The maximum absolute atomic E-state index is 12.5. The van der Waals surface area contributed by atoms with E-state index in [1.165, 1.54) is 11.1 Å². The molecule has 3 rings (SSSR count). The van der Waals surface area contributed by atoms with Crippen LogP contribution in [0, 0.1) is 5.92 Å². The summed E-state index contributed by atoms with van der Waals surface area (Å²) in [4.78, 5) is 16.9. The van der Waals surface area contributed by atoms with Crippen LogP contribution in [0.3, 0.4) is 0 Å². The molecule has 1 atom stereocenters. The molecule has 0 aromatic heterocycles. The molecule has 144 valence electrons. The Bertz CT molecular complexity index is 597. The molecule has 26 heavy (non-hydrogen) atoms. The minimum absolute atomic E-state index is 0.159. The number of hydrogen-bond acceptors (Lipinski definition) is 4. The third-order valence-corrected chi connectivity index (χ3v) is 6.68. The number of nitrogens with zero attached hydrogens (tertiary/aromatic N) is 2. The van der Waals surface area contributed by atoms with Gasteiger partial charge < -0.3 is 10.6 Å². The van der Waals surface area contributed by atoms with E-state index in [1.807, 2.05) is 16.7 Å². The van der Waals surface area contributed by atoms with Crippen molar-refractivity contribution in [2.24, 2.45) is 11.7 Å². The number of piperidine rings is 1. The monoisotopic (exact) mass is 375 g/mol. The van der Waals surface area contributed by atoms with Crippen LogP contribution in [0.2, 0.25) is 0 Å². The van der Waals surface area contributed by atoms with Crippen molar-refractivity contribution in [3.63, 3.8) is 0 Å². The summed E-state index contributed by atoms with van der Waals surface area (Å²) in [5, 5.41) is 0. The molecule has 1 amide bonds. The molecule has 0 bridgehead atoms. The fraction of sp³-hybridized carbons (Fsp3) is 0.667. The number of amides is 1. The van der Waals surface area contributed by atoms with Gasteiger partial charge in [-0.25, -0.2) is 0 Å². The predicted molar refractivity (Wildman–Crippen MR) is 110 cm³/mol. The maximum atomic E-state index is 12.5. The molecule has 5 heteroatoms. The molecule has 0 saturated carbocycles. The number of carbonyl (C=O) groups excluding carboxylic acids is 1. The van der Waals surface area contributed by atoms with Crippen LogP contribution in [0.15, 0.2) is 24.3 Å².